The highest BCUT2D eigenvalue weighted by Crippen LogP contribution is 2.46. The van der Waals surface area contributed by atoms with E-state index in [1.54, 1.807) is 18.2 Å². The van der Waals surface area contributed by atoms with Gasteiger partial charge in [-0.3, -0.25) is 0 Å². The molecular formula is C30H39ClN2O7S. The lowest BCUT2D eigenvalue weighted by Gasteiger charge is -2.45. The summed E-state index contributed by atoms with van der Waals surface area (Å²) in [6.07, 6.45) is 4.58. The number of carbonyl (C=O) groups is 1. The van der Waals surface area contributed by atoms with Gasteiger partial charge in [-0.05, 0) is 98.7 Å². The summed E-state index contributed by atoms with van der Waals surface area (Å²) in [5, 5.41) is 25.8. The summed E-state index contributed by atoms with van der Waals surface area (Å²) in [7, 11) is -3.65. The van der Waals surface area contributed by atoms with Gasteiger partial charge in [0.25, 0.3) is 0 Å². The molecule has 11 heteroatoms. The third-order valence-corrected chi connectivity index (χ3v) is 10.7. The number of aliphatic hydroxyl groups excluding tert-OH is 1. The van der Waals surface area contributed by atoms with Crippen LogP contribution < -0.4 is 14.8 Å². The average Bonchev–Trinajstić information content (AvgIpc) is 3.05. The van der Waals surface area contributed by atoms with E-state index >= 15 is 0 Å². The highest BCUT2D eigenvalue weighted by Gasteiger charge is 2.44. The quantitative estimate of drug-likeness (QED) is 0.345. The summed E-state index contributed by atoms with van der Waals surface area (Å²) >= 11 is 6.34. The lowest BCUT2D eigenvalue weighted by molar-refractivity contribution is -0.00810. The van der Waals surface area contributed by atoms with Gasteiger partial charge in [-0.25, -0.2) is 18.4 Å². The van der Waals surface area contributed by atoms with Gasteiger partial charge in [0.1, 0.15) is 5.75 Å². The second-order valence-electron chi connectivity index (χ2n) is 11.9. The summed E-state index contributed by atoms with van der Waals surface area (Å²) in [6.45, 7) is 3.56. The molecule has 0 bridgehead atoms. The number of nitrogens with two attached hydrogens (primary N) is 1. The van der Waals surface area contributed by atoms with E-state index in [-0.39, 0.29) is 36.0 Å². The number of ether oxygens (including phenoxy) is 2. The Bertz CT molecular complexity index is 1390. The molecule has 1 fully saturated rings. The molecule has 5 atom stereocenters. The maximum absolute atomic E-state index is 11.9. The molecule has 0 amide bonds. The van der Waals surface area contributed by atoms with Gasteiger partial charge in [0.2, 0.25) is 10.0 Å². The molecule has 2 unspecified atom stereocenters. The highest BCUT2D eigenvalue weighted by molar-refractivity contribution is 7.89. The number of primary sulfonamides is 1. The standard InChI is InChI=1S/C30H39ClN2O7S/c1-19(41(32,37)38)16-39-12-10-27(34)24-7-4-22(24)15-33-17-30(11-2-3-20-13-23(31)6-8-25(20)30)18-40-28-9-5-21(29(35)36)14-26(28)33/h5-6,8-9,13-14,19,22,24,27,34H,2-4,7,10-12,15-18H2,1H3,(H,35,36)(H2,32,37,38)/t19?,22-,24+,27?,30-/m0/s1. The molecule has 224 valence electrons. The smallest absolute Gasteiger partial charge is 0.335 e. The molecule has 0 saturated heterocycles. The van der Waals surface area contributed by atoms with E-state index in [1.165, 1.54) is 18.1 Å². The second-order valence-corrected chi connectivity index (χ2v) is 14.3. The predicted octanol–water partition coefficient (Wildman–Crippen LogP) is 3.98. The molecule has 41 heavy (non-hydrogen) atoms. The maximum atomic E-state index is 11.9. The Hall–Kier alpha value is -2.37. The predicted molar refractivity (Wildman–Crippen MR) is 157 cm³/mol. The van der Waals surface area contributed by atoms with E-state index in [0.717, 1.165) is 42.8 Å². The van der Waals surface area contributed by atoms with Crippen molar-refractivity contribution < 1.29 is 32.9 Å². The minimum Gasteiger partial charge on any atom is -0.490 e. The van der Waals surface area contributed by atoms with E-state index < -0.39 is 27.3 Å². The summed E-state index contributed by atoms with van der Waals surface area (Å²) < 4.78 is 34.8. The van der Waals surface area contributed by atoms with Crippen LogP contribution in [0, 0.1) is 11.8 Å². The number of fused-ring (bicyclic) bond motifs is 3. The number of carboxylic acids is 1. The van der Waals surface area contributed by atoms with Crippen LogP contribution >= 0.6 is 11.6 Å². The Morgan fingerprint density at radius 3 is 2.78 bits per heavy atom. The molecular weight excluding hydrogens is 568 g/mol. The fourth-order valence-electron chi connectivity index (χ4n) is 6.62. The molecule has 1 heterocycles. The Morgan fingerprint density at radius 1 is 1.27 bits per heavy atom. The van der Waals surface area contributed by atoms with Crippen LogP contribution in [0.1, 0.15) is 60.5 Å². The van der Waals surface area contributed by atoms with Gasteiger partial charge in [-0.15, -0.1) is 0 Å². The Morgan fingerprint density at radius 2 is 2.07 bits per heavy atom. The second kappa shape index (κ2) is 12.1. The van der Waals surface area contributed by atoms with Gasteiger partial charge in [-0.1, -0.05) is 17.7 Å². The van der Waals surface area contributed by atoms with Crippen molar-refractivity contribution in [1.82, 2.24) is 0 Å². The topological polar surface area (TPSA) is 139 Å². The van der Waals surface area contributed by atoms with E-state index in [1.807, 2.05) is 12.1 Å². The van der Waals surface area contributed by atoms with Crippen LogP contribution in [0.5, 0.6) is 5.75 Å². The SMILES string of the molecule is CC(COCCC(O)[C@@H]1CC[C@H]1CN1C[C@@]2(CCCc3cc(Cl)ccc32)COc2ccc(C(=O)O)cc21)S(N)(=O)=O. The number of hydrogen-bond acceptors (Lipinski definition) is 7. The van der Waals surface area contributed by atoms with Gasteiger partial charge in [0, 0.05) is 30.1 Å². The lowest BCUT2D eigenvalue weighted by Crippen LogP contribution is -2.49. The van der Waals surface area contributed by atoms with Crippen LogP contribution in [0.4, 0.5) is 5.69 Å². The van der Waals surface area contributed by atoms with Gasteiger partial charge in [0.05, 0.1) is 35.8 Å². The first kappa shape index (κ1) is 30.1. The normalized spacial score (nSPS) is 25.3. The molecule has 2 aliphatic carbocycles. The summed E-state index contributed by atoms with van der Waals surface area (Å²) in [5.74, 6) is -0.0455. The van der Waals surface area contributed by atoms with Crippen molar-refractivity contribution in [2.45, 2.75) is 62.2 Å². The van der Waals surface area contributed by atoms with Crippen molar-refractivity contribution in [2.75, 3.05) is 37.8 Å². The van der Waals surface area contributed by atoms with E-state index in [4.69, 9.17) is 26.2 Å². The van der Waals surface area contributed by atoms with E-state index in [0.29, 0.717) is 31.9 Å². The lowest BCUT2D eigenvalue weighted by atomic mass is 9.68. The van der Waals surface area contributed by atoms with Gasteiger partial charge >= 0.3 is 5.97 Å². The number of aromatic carboxylic acids is 1. The van der Waals surface area contributed by atoms with Crippen LogP contribution in [0.15, 0.2) is 36.4 Å². The third-order valence-electron chi connectivity index (χ3n) is 9.18. The summed E-state index contributed by atoms with van der Waals surface area (Å²) in [6, 6.07) is 11.1. The van der Waals surface area contributed by atoms with E-state index in [2.05, 4.69) is 11.0 Å². The first-order valence-electron chi connectivity index (χ1n) is 14.3. The number of hydrogen-bond donors (Lipinski definition) is 3. The molecule has 1 aliphatic heterocycles. The third kappa shape index (κ3) is 6.51. The number of aliphatic hydroxyl groups is 1. The minimum absolute atomic E-state index is 0.00904. The molecule has 0 radical (unpaired) electrons. The number of anilines is 1. The maximum Gasteiger partial charge on any atom is 0.335 e. The molecule has 4 N–H and O–H groups in total. The zero-order chi connectivity index (χ0) is 29.4. The number of sulfonamides is 1. The van der Waals surface area contributed by atoms with Crippen molar-refractivity contribution in [3.05, 3.63) is 58.1 Å². The zero-order valence-electron chi connectivity index (χ0n) is 23.3. The molecule has 0 aromatic heterocycles. The molecule has 2 aromatic carbocycles. The van der Waals surface area contributed by atoms with Gasteiger partial charge in [0.15, 0.2) is 0 Å². The van der Waals surface area contributed by atoms with Crippen LogP contribution in [-0.4, -0.2) is 68.9 Å². The monoisotopic (exact) mass is 606 g/mol. The first-order valence-corrected chi connectivity index (χ1v) is 16.3. The Labute approximate surface area is 246 Å². The number of halogens is 1. The van der Waals surface area contributed by atoms with Crippen molar-refractivity contribution in [3.8, 4) is 5.75 Å². The number of carboxylic acid groups (broad SMARTS) is 1. The number of nitrogens with zero attached hydrogens (tertiary/aromatic N) is 1. The molecule has 1 spiro atoms. The highest BCUT2D eigenvalue weighted by atomic mass is 35.5. The van der Waals surface area contributed by atoms with Crippen LogP contribution in [-0.2, 0) is 26.6 Å². The molecule has 2 aromatic rings. The molecule has 1 saturated carbocycles. The summed E-state index contributed by atoms with van der Waals surface area (Å²) in [4.78, 5) is 14.1. The Balaban J connectivity index is 1.34. The van der Waals surface area contributed by atoms with Crippen LogP contribution in [0.3, 0.4) is 0 Å². The van der Waals surface area contributed by atoms with Crippen molar-refractivity contribution in [2.24, 2.45) is 17.0 Å². The zero-order valence-corrected chi connectivity index (χ0v) is 24.9. The first-order chi connectivity index (χ1) is 19.5. The van der Waals surface area contributed by atoms with Crippen LogP contribution in [0.25, 0.3) is 0 Å². The number of aryl methyl sites for hydroxylation is 1. The van der Waals surface area contributed by atoms with Gasteiger partial charge in [-0.2, -0.15) is 0 Å². The van der Waals surface area contributed by atoms with Crippen molar-refractivity contribution in [1.29, 1.82) is 0 Å². The number of rotatable bonds is 10. The molecule has 5 rings (SSSR count). The minimum atomic E-state index is -3.65. The van der Waals surface area contributed by atoms with Crippen molar-refractivity contribution >= 4 is 33.3 Å². The Kier molecular flexibility index (Phi) is 8.87. The van der Waals surface area contributed by atoms with Crippen LogP contribution in [0.2, 0.25) is 5.02 Å². The average molecular weight is 607 g/mol. The summed E-state index contributed by atoms with van der Waals surface area (Å²) in [5.41, 5.74) is 3.17. The fourth-order valence-corrected chi connectivity index (χ4v) is 7.10. The fraction of sp³-hybridized carbons (Fsp3) is 0.567. The largest absolute Gasteiger partial charge is 0.490 e. The van der Waals surface area contributed by atoms with Gasteiger partial charge < -0.3 is 24.6 Å². The molecule has 3 aliphatic rings. The number of benzene rings is 2. The van der Waals surface area contributed by atoms with Crippen molar-refractivity contribution in [3.63, 3.8) is 0 Å². The van der Waals surface area contributed by atoms with E-state index in [9.17, 15) is 23.4 Å². The molecule has 9 nitrogen and oxygen atoms in total.